The van der Waals surface area contributed by atoms with Gasteiger partial charge in [0.15, 0.2) is 0 Å². The van der Waals surface area contributed by atoms with Crippen LogP contribution in [0.3, 0.4) is 0 Å². The number of hydrogen-bond donors (Lipinski definition) is 0. The first-order valence-electron chi connectivity index (χ1n) is 0. The van der Waals surface area contributed by atoms with E-state index in [0.717, 1.165) is 0 Å². The average Bonchev–Trinajstić information content (AvgIpc) is 0. The molecule has 0 heterocycles. The zero-order valence-electron chi connectivity index (χ0n) is 2.14. The largest absolute Gasteiger partial charge is 0 e. The average molecular weight is 157 g/mol. The van der Waals surface area contributed by atoms with Crippen LogP contribution in [0, 0.1) is 0 Å². The fourth-order valence-electron chi connectivity index (χ4n) is 0. The molecule has 0 aromatic carbocycles. The molecular weight excluding hydrogens is 157 g/mol. The minimum atomic E-state index is 0. The predicted molar refractivity (Wildman–Crippen MR) is 8.54 cm³/mol. The van der Waals surface area contributed by atoms with Crippen molar-refractivity contribution < 1.29 is 19.5 Å². The summed E-state index contributed by atoms with van der Waals surface area (Å²) in [5.41, 5.74) is 0. The van der Waals surface area contributed by atoms with E-state index in [4.69, 9.17) is 0 Å². The molecule has 0 aromatic rings. The van der Waals surface area contributed by atoms with Gasteiger partial charge in [-0.2, -0.15) is 0 Å². The van der Waals surface area contributed by atoms with Crippen molar-refractivity contribution in [3.63, 3.8) is 0 Å². The maximum atomic E-state index is 0. The van der Waals surface area contributed by atoms with E-state index >= 15 is 0 Å². The molecule has 0 unspecified atom stereocenters. The van der Waals surface area contributed by atoms with Crippen LogP contribution in [-0.4, -0.2) is 0 Å². The van der Waals surface area contributed by atoms with Crippen LogP contribution in [0.1, 0.15) is 0 Å². The van der Waals surface area contributed by atoms with Gasteiger partial charge in [-0.15, -0.1) is 0 Å². The second kappa shape index (κ2) is 249. The molecule has 0 N–H and O–H groups in total. The SMILES string of the molecule is [N].[N].[N].[N].[Ru]. The van der Waals surface area contributed by atoms with Crippen molar-refractivity contribution in [3.05, 3.63) is 0 Å². The zero-order valence-corrected chi connectivity index (χ0v) is 3.88. The Kier molecular flexibility index (Phi) is 25300. The second-order valence-corrected chi connectivity index (χ2v) is 0. The fraction of sp³-hybridized carbons (Fsp3) is 0. The molecular formula is N4Ru. The molecule has 12 radical (unpaired) electrons. The van der Waals surface area contributed by atoms with E-state index < -0.39 is 0 Å². The minimum absolute atomic E-state index is 0. The van der Waals surface area contributed by atoms with E-state index in [0.29, 0.717) is 0 Å². The summed E-state index contributed by atoms with van der Waals surface area (Å²) in [4.78, 5) is 0. The first-order chi connectivity index (χ1) is 0. The molecule has 0 aliphatic rings. The molecule has 5 heteroatoms. The van der Waals surface area contributed by atoms with Gasteiger partial charge in [0, 0.05) is 44.1 Å². The number of hydrogen-bond acceptors (Lipinski definition) is 0. The molecule has 0 saturated heterocycles. The summed E-state index contributed by atoms with van der Waals surface area (Å²) in [5.74, 6) is 0. The number of nitrogens with zero attached hydrogens (tertiary/aromatic N) is 4. The van der Waals surface area contributed by atoms with Crippen molar-refractivity contribution in [1.82, 2.24) is 24.6 Å². The first-order valence-corrected chi connectivity index (χ1v) is 0. The van der Waals surface area contributed by atoms with Crippen LogP contribution in [0.25, 0.3) is 0 Å². The van der Waals surface area contributed by atoms with Crippen molar-refractivity contribution in [1.29, 1.82) is 0 Å². The molecule has 0 saturated carbocycles. The Hall–Kier alpha value is 0.463. The normalized spacial score (nSPS) is 0. The molecule has 0 fully saturated rings. The minimum Gasteiger partial charge on any atom is 0 e. The Morgan fingerprint density at radius 2 is 0.400 bits per heavy atom. The molecule has 0 aliphatic carbocycles. The third kappa shape index (κ3) is 126. The van der Waals surface area contributed by atoms with Crippen LogP contribution >= 0.6 is 0 Å². The fourth-order valence-corrected chi connectivity index (χ4v) is 0. The molecule has 0 atom stereocenters. The Morgan fingerprint density at radius 1 is 0.400 bits per heavy atom. The van der Waals surface area contributed by atoms with Crippen molar-refractivity contribution in [2.45, 2.75) is 0 Å². The van der Waals surface area contributed by atoms with E-state index in [9.17, 15) is 0 Å². The molecule has 0 amide bonds. The summed E-state index contributed by atoms with van der Waals surface area (Å²) in [7, 11) is 0. The van der Waals surface area contributed by atoms with E-state index in [1.807, 2.05) is 0 Å². The van der Waals surface area contributed by atoms with Crippen LogP contribution in [-0.2, 0) is 19.5 Å². The van der Waals surface area contributed by atoms with Crippen molar-refractivity contribution in [2.75, 3.05) is 0 Å². The van der Waals surface area contributed by atoms with E-state index in [-0.39, 0.29) is 44.1 Å². The summed E-state index contributed by atoms with van der Waals surface area (Å²) < 4.78 is 0. The van der Waals surface area contributed by atoms with Gasteiger partial charge in [-0.05, 0) is 0 Å². The third-order valence-electron chi connectivity index (χ3n) is 0. The van der Waals surface area contributed by atoms with Gasteiger partial charge in [0.1, 0.15) is 0 Å². The van der Waals surface area contributed by atoms with Gasteiger partial charge in [0.2, 0.25) is 0 Å². The Morgan fingerprint density at radius 3 is 0.400 bits per heavy atom. The standard InChI is InChI=1S/4N.Ru. The van der Waals surface area contributed by atoms with Crippen molar-refractivity contribution in [2.24, 2.45) is 0 Å². The molecule has 28 valence electrons. The molecule has 0 rings (SSSR count). The van der Waals surface area contributed by atoms with Gasteiger partial charge in [-0.25, -0.2) is 0 Å². The van der Waals surface area contributed by atoms with Gasteiger partial charge in [-0.1, -0.05) is 0 Å². The van der Waals surface area contributed by atoms with Crippen LogP contribution in [0.2, 0.25) is 0 Å². The second-order valence-electron chi connectivity index (χ2n) is 0. The molecule has 5 heavy (non-hydrogen) atoms. The maximum absolute atomic E-state index is 0. The van der Waals surface area contributed by atoms with Gasteiger partial charge in [0.05, 0.1) is 0 Å². The monoisotopic (exact) mass is 158 g/mol. The van der Waals surface area contributed by atoms with Gasteiger partial charge < -0.3 is 0 Å². The molecule has 0 aromatic heterocycles. The van der Waals surface area contributed by atoms with E-state index in [1.54, 1.807) is 0 Å². The smallest absolute Gasteiger partial charge is 0 e. The molecule has 4 nitrogen and oxygen atoms in total. The molecule has 0 spiro atoms. The number of rotatable bonds is 0. The Labute approximate surface area is 44.8 Å². The van der Waals surface area contributed by atoms with Crippen LogP contribution in [0.4, 0.5) is 0 Å². The maximum Gasteiger partial charge on any atom is 0 e. The van der Waals surface area contributed by atoms with Gasteiger partial charge in [-0.3, -0.25) is 0 Å². The quantitative estimate of drug-likeness (QED) is 0.363. The van der Waals surface area contributed by atoms with Crippen LogP contribution in [0.15, 0.2) is 0 Å². The molecule has 0 bridgehead atoms. The Bertz CT molecular complexity index is 3.61. The van der Waals surface area contributed by atoms with E-state index in [2.05, 4.69) is 0 Å². The predicted octanol–water partition coefficient (Wildman–Crippen LogP) is -1.92. The first kappa shape index (κ1) is 507. The summed E-state index contributed by atoms with van der Waals surface area (Å²) >= 11 is 0. The van der Waals surface area contributed by atoms with Crippen molar-refractivity contribution in [3.8, 4) is 0 Å². The van der Waals surface area contributed by atoms with Crippen LogP contribution < -0.4 is 24.6 Å². The summed E-state index contributed by atoms with van der Waals surface area (Å²) in [6, 6.07) is 0. The van der Waals surface area contributed by atoms with E-state index in [1.165, 1.54) is 0 Å². The third-order valence-corrected chi connectivity index (χ3v) is 0. The molecule has 0 aliphatic heterocycles. The Balaban J connectivity index is 0. The zero-order chi connectivity index (χ0) is 0. The van der Waals surface area contributed by atoms with Crippen LogP contribution in [0.5, 0.6) is 0 Å². The summed E-state index contributed by atoms with van der Waals surface area (Å²) in [6.07, 6.45) is 0. The summed E-state index contributed by atoms with van der Waals surface area (Å²) in [6.45, 7) is 0. The van der Waals surface area contributed by atoms with Gasteiger partial charge in [0.25, 0.3) is 0 Å². The van der Waals surface area contributed by atoms with Gasteiger partial charge >= 0.3 is 0 Å². The summed E-state index contributed by atoms with van der Waals surface area (Å²) in [5, 5.41) is 0. The van der Waals surface area contributed by atoms with Crippen molar-refractivity contribution >= 4 is 0 Å². The topological polar surface area (TPSA) is 122 Å².